The second kappa shape index (κ2) is 5.47. The fraction of sp³-hybridized carbons (Fsp3) is 0.400. The molecule has 0 aromatic carbocycles. The molecule has 0 amide bonds. The van der Waals surface area contributed by atoms with Gasteiger partial charge in [0.2, 0.25) is 0 Å². The Bertz CT molecular complexity index is 577. The molecule has 0 spiro atoms. The molecule has 1 aliphatic rings. The SMILES string of the molecule is CNC1CCCc2cn(Cc3cncc(Br)c3)cc21. The van der Waals surface area contributed by atoms with E-state index in [1.807, 2.05) is 12.4 Å². The summed E-state index contributed by atoms with van der Waals surface area (Å²) in [5.41, 5.74) is 4.19. The molecule has 0 saturated carbocycles. The highest BCUT2D eigenvalue weighted by Crippen LogP contribution is 2.30. The van der Waals surface area contributed by atoms with Gasteiger partial charge in [0.15, 0.2) is 0 Å². The molecule has 3 nitrogen and oxygen atoms in total. The van der Waals surface area contributed by atoms with Gasteiger partial charge in [-0.05, 0) is 65.0 Å². The van der Waals surface area contributed by atoms with Crippen molar-refractivity contribution in [2.75, 3.05) is 7.05 Å². The van der Waals surface area contributed by atoms with Crippen molar-refractivity contribution < 1.29 is 0 Å². The Hall–Kier alpha value is -1.13. The van der Waals surface area contributed by atoms with Crippen molar-refractivity contribution in [3.8, 4) is 0 Å². The first-order chi connectivity index (χ1) is 9.26. The van der Waals surface area contributed by atoms with Crippen LogP contribution in [0.5, 0.6) is 0 Å². The van der Waals surface area contributed by atoms with Crippen LogP contribution in [-0.2, 0) is 13.0 Å². The maximum Gasteiger partial charge on any atom is 0.0486 e. The summed E-state index contributed by atoms with van der Waals surface area (Å²) in [6.45, 7) is 0.885. The quantitative estimate of drug-likeness (QED) is 0.940. The lowest BCUT2D eigenvalue weighted by Crippen LogP contribution is -2.20. The summed E-state index contributed by atoms with van der Waals surface area (Å²) in [5.74, 6) is 0. The number of hydrogen-bond acceptors (Lipinski definition) is 2. The number of nitrogens with one attached hydrogen (secondary N) is 1. The van der Waals surface area contributed by atoms with Crippen LogP contribution in [0.3, 0.4) is 0 Å². The Kier molecular flexibility index (Phi) is 3.71. The predicted octanol–water partition coefficient (Wildman–Crippen LogP) is 3.29. The minimum atomic E-state index is 0.519. The second-order valence-electron chi connectivity index (χ2n) is 5.16. The smallest absolute Gasteiger partial charge is 0.0486 e. The summed E-state index contributed by atoms with van der Waals surface area (Å²) in [4.78, 5) is 4.22. The van der Waals surface area contributed by atoms with E-state index in [1.165, 1.54) is 36.0 Å². The maximum atomic E-state index is 4.22. The molecule has 0 saturated heterocycles. The zero-order valence-electron chi connectivity index (χ0n) is 11.1. The Morgan fingerprint density at radius 3 is 3.11 bits per heavy atom. The molecule has 100 valence electrons. The lowest BCUT2D eigenvalue weighted by molar-refractivity contribution is 0.498. The van der Waals surface area contributed by atoms with Crippen molar-refractivity contribution in [2.45, 2.75) is 31.8 Å². The van der Waals surface area contributed by atoms with Crippen LogP contribution in [0.15, 0.2) is 35.3 Å². The van der Waals surface area contributed by atoms with Crippen molar-refractivity contribution in [1.82, 2.24) is 14.9 Å². The minimum Gasteiger partial charge on any atom is -0.349 e. The molecule has 1 unspecified atom stereocenters. The second-order valence-corrected chi connectivity index (χ2v) is 6.07. The van der Waals surface area contributed by atoms with E-state index in [2.05, 4.69) is 56.3 Å². The number of rotatable bonds is 3. The van der Waals surface area contributed by atoms with Crippen molar-refractivity contribution in [3.05, 3.63) is 52.0 Å². The monoisotopic (exact) mass is 319 g/mol. The lowest BCUT2D eigenvalue weighted by Gasteiger charge is -2.21. The molecule has 1 atom stereocenters. The number of pyridine rings is 1. The van der Waals surface area contributed by atoms with E-state index < -0.39 is 0 Å². The van der Waals surface area contributed by atoms with Gasteiger partial charge in [0.25, 0.3) is 0 Å². The number of halogens is 1. The highest BCUT2D eigenvalue weighted by molar-refractivity contribution is 9.10. The van der Waals surface area contributed by atoms with E-state index in [4.69, 9.17) is 0 Å². The fourth-order valence-corrected chi connectivity index (χ4v) is 3.30. The van der Waals surface area contributed by atoms with E-state index in [-0.39, 0.29) is 0 Å². The van der Waals surface area contributed by atoms with Gasteiger partial charge in [0.05, 0.1) is 0 Å². The lowest BCUT2D eigenvalue weighted by atomic mass is 9.91. The maximum absolute atomic E-state index is 4.22. The Morgan fingerprint density at radius 2 is 2.32 bits per heavy atom. The molecule has 1 N–H and O–H groups in total. The van der Waals surface area contributed by atoms with Crippen molar-refractivity contribution in [3.63, 3.8) is 0 Å². The summed E-state index contributed by atoms with van der Waals surface area (Å²) >= 11 is 3.47. The predicted molar refractivity (Wildman–Crippen MR) is 80.2 cm³/mol. The minimum absolute atomic E-state index is 0.519. The van der Waals surface area contributed by atoms with Gasteiger partial charge >= 0.3 is 0 Å². The van der Waals surface area contributed by atoms with Crippen LogP contribution in [0.25, 0.3) is 0 Å². The summed E-state index contributed by atoms with van der Waals surface area (Å²) < 4.78 is 3.32. The molecular formula is C15H18BrN3. The van der Waals surface area contributed by atoms with Gasteiger partial charge in [-0.2, -0.15) is 0 Å². The highest BCUT2D eigenvalue weighted by Gasteiger charge is 2.20. The molecule has 0 radical (unpaired) electrons. The summed E-state index contributed by atoms with van der Waals surface area (Å²) in [6.07, 6.45) is 12.1. The topological polar surface area (TPSA) is 29.9 Å². The van der Waals surface area contributed by atoms with Crippen LogP contribution >= 0.6 is 15.9 Å². The van der Waals surface area contributed by atoms with E-state index in [0.717, 1.165) is 11.0 Å². The third kappa shape index (κ3) is 2.74. The van der Waals surface area contributed by atoms with E-state index in [9.17, 15) is 0 Å². The molecule has 2 aromatic rings. The zero-order valence-corrected chi connectivity index (χ0v) is 12.7. The number of hydrogen-bond donors (Lipinski definition) is 1. The van der Waals surface area contributed by atoms with Gasteiger partial charge in [0.1, 0.15) is 0 Å². The fourth-order valence-electron chi connectivity index (χ4n) is 2.89. The number of aryl methyl sites for hydroxylation is 1. The molecule has 1 aliphatic carbocycles. The van der Waals surface area contributed by atoms with Crippen molar-refractivity contribution >= 4 is 15.9 Å². The third-order valence-corrected chi connectivity index (χ3v) is 4.22. The van der Waals surface area contributed by atoms with Crippen LogP contribution in [0.2, 0.25) is 0 Å². The first-order valence-electron chi connectivity index (χ1n) is 6.71. The van der Waals surface area contributed by atoms with Crippen molar-refractivity contribution in [2.24, 2.45) is 0 Å². The van der Waals surface area contributed by atoms with Crippen LogP contribution in [0.1, 0.15) is 35.6 Å². The van der Waals surface area contributed by atoms with Crippen LogP contribution in [0.4, 0.5) is 0 Å². The molecular weight excluding hydrogens is 302 g/mol. The highest BCUT2D eigenvalue weighted by atomic mass is 79.9. The molecule has 3 rings (SSSR count). The summed E-state index contributed by atoms with van der Waals surface area (Å²) in [6, 6.07) is 2.65. The molecule has 19 heavy (non-hydrogen) atoms. The van der Waals surface area contributed by atoms with Crippen LogP contribution in [-0.4, -0.2) is 16.6 Å². The van der Waals surface area contributed by atoms with Gasteiger partial charge in [-0.15, -0.1) is 0 Å². The van der Waals surface area contributed by atoms with Gasteiger partial charge in [-0.25, -0.2) is 0 Å². The Balaban J connectivity index is 1.85. The summed E-state index contributed by atoms with van der Waals surface area (Å²) in [5, 5.41) is 3.41. The molecule has 2 aromatic heterocycles. The number of fused-ring (bicyclic) bond motifs is 1. The molecule has 0 aliphatic heterocycles. The largest absolute Gasteiger partial charge is 0.349 e. The van der Waals surface area contributed by atoms with Crippen LogP contribution in [0, 0.1) is 0 Å². The third-order valence-electron chi connectivity index (χ3n) is 3.79. The molecule has 4 heteroatoms. The van der Waals surface area contributed by atoms with Gasteiger partial charge < -0.3 is 9.88 Å². The van der Waals surface area contributed by atoms with Crippen LogP contribution < -0.4 is 5.32 Å². The average molecular weight is 320 g/mol. The summed E-state index contributed by atoms with van der Waals surface area (Å²) in [7, 11) is 2.05. The first kappa shape index (κ1) is 12.9. The van der Waals surface area contributed by atoms with E-state index in [1.54, 1.807) is 0 Å². The van der Waals surface area contributed by atoms with Crippen molar-refractivity contribution in [1.29, 1.82) is 0 Å². The first-order valence-corrected chi connectivity index (χ1v) is 7.51. The molecule has 2 heterocycles. The Labute approximate surface area is 122 Å². The van der Waals surface area contributed by atoms with Gasteiger partial charge in [0, 0.05) is 41.8 Å². The van der Waals surface area contributed by atoms with E-state index >= 15 is 0 Å². The van der Waals surface area contributed by atoms with Gasteiger partial charge in [-0.1, -0.05) is 0 Å². The molecule has 0 bridgehead atoms. The van der Waals surface area contributed by atoms with Gasteiger partial charge in [-0.3, -0.25) is 4.98 Å². The average Bonchev–Trinajstić information content (AvgIpc) is 2.80. The number of aromatic nitrogens is 2. The Morgan fingerprint density at radius 1 is 1.42 bits per heavy atom. The molecule has 0 fully saturated rings. The standard InChI is InChI=1S/C15H18BrN3/c1-17-15-4-2-3-12-9-19(10-14(12)15)8-11-5-13(16)7-18-6-11/h5-7,9-10,15,17H,2-4,8H2,1H3. The number of nitrogens with zero attached hydrogens (tertiary/aromatic N) is 2. The van der Waals surface area contributed by atoms with E-state index in [0.29, 0.717) is 6.04 Å². The zero-order chi connectivity index (χ0) is 13.2. The normalized spacial score (nSPS) is 18.3.